The van der Waals surface area contributed by atoms with Gasteiger partial charge in [0.25, 0.3) is 0 Å². The van der Waals surface area contributed by atoms with E-state index in [0.29, 0.717) is 52.1 Å². The van der Waals surface area contributed by atoms with Gasteiger partial charge in [-0.2, -0.15) is 0 Å². The predicted molar refractivity (Wildman–Crippen MR) is 147 cm³/mol. The fraction of sp³-hybridized carbons (Fsp3) is 0.286. The number of amides is 1. The lowest BCUT2D eigenvalue weighted by molar-refractivity contribution is -0.141. The molecule has 0 spiro atoms. The molecule has 2 aromatic carbocycles. The zero-order valence-electron chi connectivity index (χ0n) is 21.5. The van der Waals surface area contributed by atoms with E-state index in [0.717, 1.165) is 5.69 Å². The molecule has 0 bridgehead atoms. The summed E-state index contributed by atoms with van der Waals surface area (Å²) < 4.78 is 11.9. The fourth-order valence-corrected chi connectivity index (χ4v) is 3.97. The van der Waals surface area contributed by atoms with Gasteiger partial charge < -0.3 is 24.8 Å². The van der Waals surface area contributed by atoms with Gasteiger partial charge in [0.05, 0.1) is 40.2 Å². The van der Waals surface area contributed by atoms with Gasteiger partial charge in [0.15, 0.2) is 0 Å². The molecule has 0 fully saturated rings. The number of aliphatic hydroxyl groups excluding tert-OH is 1. The maximum atomic E-state index is 12.5. The molecule has 38 heavy (non-hydrogen) atoms. The molecule has 0 unspecified atom stereocenters. The molecular formula is C28H30ClN5O4. The van der Waals surface area contributed by atoms with Gasteiger partial charge in [-0.15, -0.1) is 0 Å². The molecule has 0 aliphatic heterocycles. The van der Waals surface area contributed by atoms with E-state index in [4.69, 9.17) is 21.1 Å². The largest absolute Gasteiger partial charge is 0.491 e. The van der Waals surface area contributed by atoms with E-state index in [9.17, 15) is 9.90 Å². The number of likely N-dealkylation sites (N-methyl/N-ethyl adjacent to an activating group) is 1. The second-order valence-corrected chi connectivity index (χ2v) is 9.78. The number of aromatic nitrogens is 3. The van der Waals surface area contributed by atoms with E-state index in [-0.39, 0.29) is 19.1 Å². The molecule has 1 amide bonds. The van der Waals surface area contributed by atoms with E-state index in [1.54, 1.807) is 44.1 Å². The number of ether oxygens (including phenoxy) is 2. The van der Waals surface area contributed by atoms with Crippen molar-refractivity contribution >= 4 is 39.9 Å². The molecule has 4 aromatic rings. The van der Waals surface area contributed by atoms with E-state index in [1.165, 1.54) is 6.33 Å². The van der Waals surface area contributed by atoms with Crippen molar-refractivity contribution in [1.82, 2.24) is 19.9 Å². The van der Waals surface area contributed by atoms with Crippen LogP contribution in [0, 0.1) is 5.41 Å². The topological polar surface area (TPSA) is 110 Å². The number of nitrogens with zero attached hydrogens (tertiary/aromatic N) is 4. The Morgan fingerprint density at radius 3 is 2.63 bits per heavy atom. The monoisotopic (exact) mass is 535 g/mol. The minimum absolute atomic E-state index is 0.156. The van der Waals surface area contributed by atoms with Crippen LogP contribution < -0.4 is 14.8 Å². The van der Waals surface area contributed by atoms with Gasteiger partial charge >= 0.3 is 0 Å². The summed E-state index contributed by atoms with van der Waals surface area (Å²) in [4.78, 5) is 27.1. The molecule has 2 heterocycles. The van der Waals surface area contributed by atoms with Crippen LogP contribution in [0.1, 0.15) is 19.5 Å². The lowest BCUT2D eigenvalue weighted by atomic mass is 9.93. The number of hydrogen-bond acceptors (Lipinski definition) is 8. The molecule has 198 valence electrons. The Morgan fingerprint density at radius 2 is 1.89 bits per heavy atom. The summed E-state index contributed by atoms with van der Waals surface area (Å²) in [6.07, 6.45) is 3.19. The molecule has 0 atom stereocenters. The molecule has 0 aliphatic carbocycles. The molecule has 2 N–H and O–H groups in total. The average Bonchev–Trinajstić information content (AvgIpc) is 2.93. The summed E-state index contributed by atoms with van der Waals surface area (Å²) in [6, 6.07) is 16.6. The van der Waals surface area contributed by atoms with E-state index in [2.05, 4.69) is 20.3 Å². The normalized spacial score (nSPS) is 11.3. The number of hydrogen-bond donors (Lipinski definition) is 2. The van der Waals surface area contributed by atoms with Crippen LogP contribution in [-0.4, -0.2) is 57.7 Å². The van der Waals surface area contributed by atoms with Crippen LogP contribution in [0.2, 0.25) is 5.02 Å². The summed E-state index contributed by atoms with van der Waals surface area (Å²) in [5.74, 6) is 1.52. The zero-order valence-corrected chi connectivity index (χ0v) is 22.3. The Morgan fingerprint density at radius 1 is 1.05 bits per heavy atom. The first kappa shape index (κ1) is 27.1. The van der Waals surface area contributed by atoms with E-state index < -0.39 is 5.41 Å². The number of halogens is 1. The number of benzene rings is 2. The number of carbonyl (C=O) groups is 1. The zero-order chi connectivity index (χ0) is 27.1. The maximum absolute atomic E-state index is 12.5. The lowest BCUT2D eigenvalue weighted by Crippen LogP contribution is -2.42. The van der Waals surface area contributed by atoms with Gasteiger partial charge in [-0.05, 0) is 56.3 Å². The Labute approximate surface area is 226 Å². The fourth-order valence-electron chi connectivity index (χ4n) is 3.74. The van der Waals surface area contributed by atoms with Crippen molar-refractivity contribution in [3.8, 4) is 11.5 Å². The Balaban J connectivity index is 1.47. The predicted octanol–water partition coefficient (Wildman–Crippen LogP) is 4.86. The second kappa shape index (κ2) is 12.1. The smallest absolute Gasteiger partial charge is 0.230 e. The Bertz CT molecular complexity index is 1400. The summed E-state index contributed by atoms with van der Waals surface area (Å²) in [7, 11) is 1.69. The molecule has 0 radical (unpaired) electrons. The molecular weight excluding hydrogens is 506 g/mol. The summed E-state index contributed by atoms with van der Waals surface area (Å²) in [5.41, 5.74) is 1.37. The van der Waals surface area contributed by atoms with Crippen LogP contribution in [0.3, 0.4) is 0 Å². The van der Waals surface area contributed by atoms with Crippen LogP contribution in [0.4, 0.5) is 11.5 Å². The van der Waals surface area contributed by atoms with Gasteiger partial charge in [0, 0.05) is 18.9 Å². The van der Waals surface area contributed by atoms with Crippen LogP contribution in [-0.2, 0) is 11.4 Å². The minimum atomic E-state index is -0.848. The van der Waals surface area contributed by atoms with Crippen LogP contribution in [0.15, 0.2) is 67.1 Å². The number of aliphatic hydroxyl groups is 1. The van der Waals surface area contributed by atoms with Gasteiger partial charge in [0.1, 0.15) is 36.9 Å². The van der Waals surface area contributed by atoms with Gasteiger partial charge in [-0.1, -0.05) is 23.7 Å². The molecule has 10 heteroatoms. The molecule has 2 aromatic heterocycles. The Hall–Kier alpha value is -3.95. The van der Waals surface area contributed by atoms with Gasteiger partial charge in [-0.25, -0.2) is 9.97 Å². The highest BCUT2D eigenvalue weighted by atomic mass is 35.5. The SMILES string of the molecule is CN(CCOc1cccc2ncnc(Nc3ccc(OCc4ccccn4)c(Cl)c3)c12)C(=O)C(C)(C)CO. The van der Waals surface area contributed by atoms with Crippen molar-refractivity contribution in [2.45, 2.75) is 20.5 Å². The number of nitrogens with one attached hydrogen (secondary N) is 1. The minimum Gasteiger partial charge on any atom is -0.491 e. The van der Waals surface area contributed by atoms with Crippen molar-refractivity contribution in [1.29, 1.82) is 0 Å². The quantitative estimate of drug-likeness (QED) is 0.280. The van der Waals surface area contributed by atoms with Crippen LogP contribution in [0.5, 0.6) is 11.5 Å². The summed E-state index contributed by atoms with van der Waals surface area (Å²) in [6.45, 7) is 4.10. The first-order chi connectivity index (χ1) is 18.3. The van der Waals surface area contributed by atoms with Gasteiger partial charge in [-0.3, -0.25) is 9.78 Å². The van der Waals surface area contributed by atoms with E-state index >= 15 is 0 Å². The van der Waals surface area contributed by atoms with Crippen molar-refractivity contribution in [2.75, 3.05) is 32.1 Å². The second-order valence-electron chi connectivity index (χ2n) is 9.37. The molecule has 0 saturated carbocycles. The average molecular weight is 536 g/mol. The van der Waals surface area contributed by atoms with Crippen molar-refractivity contribution in [2.24, 2.45) is 5.41 Å². The number of fused-ring (bicyclic) bond motifs is 1. The Kier molecular flexibility index (Phi) is 8.60. The third-order valence-corrected chi connectivity index (χ3v) is 6.22. The van der Waals surface area contributed by atoms with E-state index in [1.807, 2.05) is 42.5 Å². The number of anilines is 2. The summed E-state index contributed by atoms with van der Waals surface area (Å²) in [5, 5.41) is 13.9. The highest BCUT2D eigenvalue weighted by Crippen LogP contribution is 2.34. The molecule has 4 rings (SSSR count). The number of rotatable bonds is 11. The van der Waals surface area contributed by atoms with Crippen LogP contribution in [0.25, 0.3) is 10.9 Å². The van der Waals surface area contributed by atoms with Gasteiger partial charge in [0.2, 0.25) is 5.91 Å². The number of pyridine rings is 1. The molecule has 9 nitrogen and oxygen atoms in total. The van der Waals surface area contributed by atoms with Crippen molar-refractivity contribution in [3.63, 3.8) is 0 Å². The molecule has 0 saturated heterocycles. The van der Waals surface area contributed by atoms with Crippen LogP contribution >= 0.6 is 11.6 Å². The highest BCUT2D eigenvalue weighted by Gasteiger charge is 2.29. The molecule has 0 aliphatic rings. The lowest BCUT2D eigenvalue weighted by Gasteiger charge is -2.27. The highest BCUT2D eigenvalue weighted by molar-refractivity contribution is 6.32. The first-order valence-corrected chi connectivity index (χ1v) is 12.5. The third-order valence-electron chi connectivity index (χ3n) is 5.93. The van der Waals surface area contributed by atoms with Crippen molar-refractivity contribution < 1.29 is 19.4 Å². The first-order valence-electron chi connectivity index (χ1n) is 12.1. The number of carbonyl (C=O) groups excluding carboxylic acids is 1. The standard InChI is InChI=1S/C28H30ClN5O4/c1-28(2,17-35)27(36)34(3)13-14-37-24-9-6-8-22-25(24)26(32-18-31-22)33-19-10-11-23(21(29)15-19)38-16-20-7-4-5-12-30-20/h4-12,15,18,35H,13-14,16-17H2,1-3H3,(H,31,32,33). The van der Waals surface area contributed by atoms with Crippen molar-refractivity contribution in [3.05, 3.63) is 77.8 Å². The summed E-state index contributed by atoms with van der Waals surface area (Å²) >= 11 is 6.49. The maximum Gasteiger partial charge on any atom is 0.230 e. The third kappa shape index (κ3) is 6.48.